The van der Waals surface area contributed by atoms with Crippen molar-refractivity contribution in [2.24, 2.45) is 0 Å². The summed E-state index contributed by atoms with van der Waals surface area (Å²) in [6.45, 7) is 1.48. The Morgan fingerprint density at radius 1 is 0.882 bits per heavy atom. The molecule has 178 valence electrons. The van der Waals surface area contributed by atoms with Gasteiger partial charge in [0.2, 0.25) is 15.1 Å². The molecule has 1 aromatic carbocycles. The lowest BCUT2D eigenvalue weighted by atomic mass is 10.1. The van der Waals surface area contributed by atoms with Crippen molar-refractivity contribution in [1.82, 2.24) is 14.4 Å². The highest BCUT2D eigenvalue weighted by atomic mass is 32.3. The zero-order valence-corrected chi connectivity index (χ0v) is 18.2. The summed E-state index contributed by atoms with van der Waals surface area (Å²) < 4.78 is 102. The molecule has 1 N–H and O–H groups in total. The molecule has 4 aromatic rings. The fourth-order valence-corrected chi connectivity index (χ4v) is 4.35. The van der Waals surface area contributed by atoms with Crippen LogP contribution in [-0.4, -0.2) is 24.7 Å². The minimum atomic E-state index is -4.58. The van der Waals surface area contributed by atoms with Gasteiger partial charge in [0.25, 0.3) is 0 Å². The van der Waals surface area contributed by atoms with E-state index >= 15 is 0 Å². The zero-order chi connectivity index (χ0) is 24.9. The number of hydrogen-bond acceptors (Lipinski definition) is 3. The van der Waals surface area contributed by atoms with E-state index in [0.717, 1.165) is 30.5 Å². The van der Waals surface area contributed by atoms with E-state index in [9.17, 15) is 35.1 Å². The van der Waals surface area contributed by atoms with E-state index in [1.54, 1.807) is 0 Å². The van der Waals surface area contributed by atoms with Crippen LogP contribution in [0.15, 0.2) is 65.8 Å². The summed E-state index contributed by atoms with van der Waals surface area (Å²) >= 11 is 0. The molecule has 3 aromatic heterocycles. The second kappa shape index (κ2) is 8.20. The van der Waals surface area contributed by atoms with Crippen molar-refractivity contribution in [3.8, 4) is 22.6 Å². The third-order valence-electron chi connectivity index (χ3n) is 5.13. The summed E-state index contributed by atoms with van der Waals surface area (Å²) in [5, 5.41) is 0. The number of benzene rings is 1. The molecule has 0 saturated heterocycles. The van der Waals surface area contributed by atoms with Crippen LogP contribution in [0.4, 0.5) is 26.3 Å². The number of aromatic nitrogens is 3. The molecule has 0 radical (unpaired) electrons. The van der Waals surface area contributed by atoms with Crippen molar-refractivity contribution < 1.29 is 35.1 Å². The topological polar surface area (TPSA) is 67.5 Å². The van der Waals surface area contributed by atoms with Crippen molar-refractivity contribution in [3.63, 3.8) is 0 Å². The first-order valence-corrected chi connectivity index (χ1v) is 11.5. The molecule has 0 fully saturated rings. The number of halogens is 6. The largest absolute Gasteiger partial charge is 0.416 e. The Balaban J connectivity index is 1.87. The number of nitrogens with zero attached hydrogens (tertiary/aromatic N) is 3. The normalized spacial score (nSPS) is 14.4. The maximum absolute atomic E-state index is 13.1. The van der Waals surface area contributed by atoms with Crippen LogP contribution in [0.2, 0.25) is 0 Å². The SMILES string of the molecule is CC[S+](=O)(O)c1ccc(-c2ccc(C(F)(F)F)cc2)nc1-c1cn2ccc(C(F)(F)F)cc2n1. The van der Waals surface area contributed by atoms with E-state index in [4.69, 9.17) is 0 Å². The number of alkyl halides is 6. The van der Waals surface area contributed by atoms with E-state index in [1.165, 1.54) is 41.8 Å². The molecular weight excluding hydrogens is 484 g/mol. The van der Waals surface area contributed by atoms with E-state index in [2.05, 4.69) is 9.97 Å². The Bertz CT molecular complexity index is 1410. The first kappa shape index (κ1) is 23.9. The number of hydrogen-bond donors (Lipinski definition) is 1. The van der Waals surface area contributed by atoms with E-state index in [0.29, 0.717) is 5.56 Å². The van der Waals surface area contributed by atoms with Crippen LogP contribution in [0.5, 0.6) is 0 Å². The van der Waals surface area contributed by atoms with E-state index in [-0.39, 0.29) is 33.4 Å². The highest BCUT2D eigenvalue weighted by molar-refractivity contribution is 7.97. The number of fused-ring (bicyclic) bond motifs is 1. The van der Waals surface area contributed by atoms with Crippen LogP contribution in [0.1, 0.15) is 18.1 Å². The van der Waals surface area contributed by atoms with Gasteiger partial charge in [-0.25, -0.2) is 9.97 Å². The molecule has 1 unspecified atom stereocenters. The first-order chi connectivity index (χ1) is 15.8. The third kappa shape index (κ3) is 4.55. The van der Waals surface area contributed by atoms with Gasteiger partial charge in [0, 0.05) is 24.0 Å². The molecule has 34 heavy (non-hydrogen) atoms. The minimum Gasteiger partial charge on any atom is -0.306 e. The molecule has 12 heteroatoms. The lowest BCUT2D eigenvalue weighted by Crippen LogP contribution is -2.14. The fourth-order valence-electron chi connectivity index (χ4n) is 3.31. The van der Waals surface area contributed by atoms with Gasteiger partial charge in [-0.05, 0) is 37.3 Å². The first-order valence-electron chi connectivity index (χ1n) is 9.79. The second-order valence-electron chi connectivity index (χ2n) is 7.35. The number of imidazole rings is 1. The Labute approximate surface area is 190 Å². The molecular formula is C22H16F6N3O2S+. The number of rotatable bonds is 4. The van der Waals surface area contributed by atoms with Gasteiger partial charge in [-0.1, -0.05) is 16.3 Å². The summed E-state index contributed by atoms with van der Waals surface area (Å²) in [7, 11) is -3.56. The van der Waals surface area contributed by atoms with Gasteiger partial charge in [-0.15, -0.1) is 0 Å². The summed E-state index contributed by atoms with van der Waals surface area (Å²) in [4.78, 5) is 8.45. The van der Waals surface area contributed by atoms with Crippen molar-refractivity contribution >= 4 is 15.9 Å². The lowest BCUT2D eigenvalue weighted by molar-refractivity contribution is -0.138. The highest BCUT2D eigenvalue weighted by Gasteiger charge is 2.34. The van der Waals surface area contributed by atoms with Gasteiger partial charge in [-0.3, -0.25) is 0 Å². The Hall–Kier alpha value is -3.25. The Kier molecular flexibility index (Phi) is 5.76. The zero-order valence-electron chi connectivity index (χ0n) is 17.4. The lowest BCUT2D eigenvalue weighted by Gasteiger charge is -2.10. The van der Waals surface area contributed by atoms with Crippen molar-refractivity contribution in [1.29, 1.82) is 0 Å². The average Bonchev–Trinajstić information content (AvgIpc) is 3.21. The Morgan fingerprint density at radius 3 is 2.12 bits per heavy atom. The van der Waals surface area contributed by atoms with Crippen LogP contribution in [0.25, 0.3) is 28.3 Å². The molecule has 0 spiro atoms. The fraction of sp³-hybridized carbons (Fsp3) is 0.182. The van der Waals surface area contributed by atoms with Gasteiger partial charge < -0.3 is 4.40 Å². The molecule has 0 amide bonds. The van der Waals surface area contributed by atoms with Crippen LogP contribution in [-0.2, 0) is 26.8 Å². The number of pyridine rings is 2. The molecule has 3 heterocycles. The van der Waals surface area contributed by atoms with Crippen molar-refractivity contribution in [2.45, 2.75) is 24.2 Å². The van der Waals surface area contributed by atoms with Gasteiger partial charge in [0.05, 0.1) is 16.8 Å². The third-order valence-corrected chi connectivity index (χ3v) is 6.93. The van der Waals surface area contributed by atoms with Crippen LogP contribution in [0.3, 0.4) is 0 Å². The van der Waals surface area contributed by atoms with E-state index < -0.39 is 33.7 Å². The molecule has 0 aliphatic rings. The quantitative estimate of drug-likeness (QED) is 0.258. The van der Waals surface area contributed by atoms with Crippen LogP contribution >= 0.6 is 0 Å². The molecule has 1 atom stereocenters. The van der Waals surface area contributed by atoms with Gasteiger partial charge in [0.15, 0.2) is 0 Å². The summed E-state index contributed by atoms with van der Waals surface area (Å²) in [6.07, 6.45) is -6.58. The molecule has 0 bridgehead atoms. The smallest absolute Gasteiger partial charge is 0.306 e. The highest BCUT2D eigenvalue weighted by Crippen LogP contribution is 2.35. The predicted octanol–water partition coefficient (Wildman–Crippen LogP) is 6.45. The molecule has 0 saturated carbocycles. The average molecular weight is 500 g/mol. The standard InChI is InChI=1S/C22H15F6N3O2S/c1-2-34(32,33)18-8-7-16(13-3-5-14(6-4-13)21(23,24)25)30-20(18)17-12-31-10-9-15(22(26,27)28)11-19(31)29-17/h3-12H,2H2,1H3/p+1. The summed E-state index contributed by atoms with van der Waals surface area (Å²) in [5.74, 6) is -0.160. The maximum Gasteiger partial charge on any atom is 0.416 e. The van der Waals surface area contributed by atoms with Crippen molar-refractivity contribution in [2.75, 3.05) is 5.75 Å². The molecule has 4 rings (SSSR count). The van der Waals surface area contributed by atoms with Gasteiger partial charge in [-0.2, -0.15) is 30.9 Å². The van der Waals surface area contributed by atoms with E-state index in [1.807, 2.05) is 0 Å². The summed E-state index contributed by atoms with van der Waals surface area (Å²) in [5.41, 5.74) is -1.32. The molecule has 0 aliphatic heterocycles. The van der Waals surface area contributed by atoms with Gasteiger partial charge >= 0.3 is 12.4 Å². The Morgan fingerprint density at radius 2 is 1.53 bits per heavy atom. The molecule has 0 aliphatic carbocycles. The van der Waals surface area contributed by atoms with Crippen LogP contribution in [0, 0.1) is 0 Å². The van der Waals surface area contributed by atoms with Crippen LogP contribution < -0.4 is 0 Å². The molecule has 5 nitrogen and oxygen atoms in total. The van der Waals surface area contributed by atoms with Gasteiger partial charge in [0.1, 0.15) is 22.8 Å². The maximum atomic E-state index is 13.1. The second-order valence-corrected chi connectivity index (χ2v) is 9.65. The predicted molar refractivity (Wildman–Crippen MR) is 113 cm³/mol. The summed E-state index contributed by atoms with van der Waals surface area (Å²) in [6, 6.07) is 8.61. The monoisotopic (exact) mass is 500 g/mol. The van der Waals surface area contributed by atoms with Crippen molar-refractivity contribution in [3.05, 3.63) is 72.1 Å². The minimum absolute atomic E-state index is 0.0401.